The molecule has 1 atom stereocenters. The minimum Gasteiger partial charge on any atom is -0.379 e. The molecule has 21 heavy (non-hydrogen) atoms. The maximum Gasteiger partial charge on any atom is 0.232 e. The lowest BCUT2D eigenvalue weighted by Crippen LogP contribution is -2.30. The molecule has 0 saturated carbocycles. The number of hydrogen-bond acceptors (Lipinski definition) is 5. The van der Waals surface area contributed by atoms with Crippen molar-refractivity contribution in [3.05, 3.63) is 17.0 Å². The molecule has 1 heterocycles. The Hall–Kier alpha value is -1.21. The van der Waals surface area contributed by atoms with Gasteiger partial charge in [-0.25, -0.2) is 0 Å². The van der Waals surface area contributed by atoms with E-state index in [1.165, 1.54) is 0 Å². The van der Waals surface area contributed by atoms with Crippen LogP contribution in [0.5, 0.6) is 0 Å². The molecule has 0 spiro atoms. The van der Waals surface area contributed by atoms with Gasteiger partial charge in [0.25, 0.3) is 0 Å². The van der Waals surface area contributed by atoms with Gasteiger partial charge in [0, 0.05) is 29.5 Å². The average molecular weight is 316 g/mol. The predicted molar refractivity (Wildman–Crippen MR) is 81.4 cm³/mol. The molecule has 1 aromatic heterocycles. The second-order valence-electron chi connectivity index (χ2n) is 5.15. The summed E-state index contributed by atoms with van der Waals surface area (Å²) in [6.07, 6.45) is 0.948. The molecule has 0 aliphatic carbocycles. The molecular weight excluding hydrogens is 292 g/mol. The van der Waals surface area contributed by atoms with Crippen LogP contribution >= 0.6 is 0 Å². The Morgan fingerprint density at radius 2 is 2.14 bits per heavy atom. The second-order valence-corrected chi connectivity index (χ2v) is 6.61. The number of rotatable bonds is 9. The highest BCUT2D eigenvalue weighted by atomic mass is 32.2. The Balaban J connectivity index is 2.24. The van der Waals surface area contributed by atoms with Crippen LogP contribution in [0.4, 0.5) is 0 Å². The molecule has 0 saturated heterocycles. The summed E-state index contributed by atoms with van der Waals surface area (Å²) in [5, 5.41) is 6.55. The fraction of sp³-hybridized carbons (Fsp3) is 0.714. The minimum absolute atomic E-state index is 0.00486. The van der Waals surface area contributed by atoms with Gasteiger partial charge in [-0.2, -0.15) is 0 Å². The fourth-order valence-corrected chi connectivity index (χ4v) is 2.97. The van der Waals surface area contributed by atoms with E-state index in [1.807, 2.05) is 13.8 Å². The molecule has 1 rings (SSSR count). The smallest absolute Gasteiger partial charge is 0.232 e. The lowest BCUT2D eigenvalue weighted by atomic mass is 10.2. The molecule has 1 unspecified atom stereocenters. The molecule has 7 heteroatoms. The van der Waals surface area contributed by atoms with E-state index in [-0.39, 0.29) is 17.8 Å². The predicted octanol–water partition coefficient (Wildman–Crippen LogP) is 1.47. The lowest BCUT2D eigenvalue weighted by molar-refractivity contribution is -0.118. The summed E-state index contributed by atoms with van der Waals surface area (Å²) in [5.41, 5.74) is 1.55. The van der Waals surface area contributed by atoms with Gasteiger partial charge in [-0.05, 0) is 34.1 Å². The first-order chi connectivity index (χ1) is 9.90. The zero-order valence-electron chi connectivity index (χ0n) is 13.1. The molecule has 1 amide bonds. The maximum atomic E-state index is 12.0. The van der Waals surface area contributed by atoms with E-state index in [2.05, 4.69) is 10.5 Å². The highest BCUT2D eigenvalue weighted by molar-refractivity contribution is 7.84. The summed E-state index contributed by atoms with van der Waals surface area (Å²) in [5.74, 6) is 0.747. The molecule has 0 aliphatic heterocycles. The Labute approximate surface area is 128 Å². The van der Waals surface area contributed by atoms with Gasteiger partial charge in [0.1, 0.15) is 11.5 Å². The van der Waals surface area contributed by atoms with E-state index in [4.69, 9.17) is 9.26 Å². The number of nitrogens with one attached hydrogen (secondary N) is 1. The van der Waals surface area contributed by atoms with E-state index in [1.54, 1.807) is 13.8 Å². The number of aromatic nitrogens is 1. The summed E-state index contributed by atoms with van der Waals surface area (Å²) < 4.78 is 22.3. The van der Waals surface area contributed by atoms with Crippen LogP contribution in [0.2, 0.25) is 0 Å². The van der Waals surface area contributed by atoms with Crippen molar-refractivity contribution in [1.82, 2.24) is 10.5 Å². The summed E-state index contributed by atoms with van der Waals surface area (Å²) in [4.78, 5) is 11.7. The number of hydrogen-bond donors (Lipinski definition) is 1. The molecule has 6 nitrogen and oxygen atoms in total. The highest BCUT2D eigenvalue weighted by Crippen LogP contribution is 2.14. The van der Waals surface area contributed by atoms with Crippen LogP contribution in [0.25, 0.3) is 0 Å². The number of nitrogens with zero attached hydrogens (tertiary/aromatic N) is 1. The molecule has 0 aromatic carbocycles. The SMILES string of the molecule is Cc1noc(C)c1CS(=O)CC(=O)NCCCOC(C)C. The fourth-order valence-electron chi connectivity index (χ4n) is 1.74. The van der Waals surface area contributed by atoms with E-state index in [9.17, 15) is 9.00 Å². The Morgan fingerprint density at radius 1 is 1.43 bits per heavy atom. The zero-order valence-corrected chi connectivity index (χ0v) is 13.9. The van der Waals surface area contributed by atoms with E-state index >= 15 is 0 Å². The zero-order chi connectivity index (χ0) is 15.8. The van der Waals surface area contributed by atoms with Crippen LogP contribution in [-0.4, -0.2) is 40.3 Å². The quantitative estimate of drug-likeness (QED) is 0.698. The van der Waals surface area contributed by atoms with Gasteiger partial charge in [-0.1, -0.05) is 5.16 Å². The van der Waals surface area contributed by atoms with E-state index in [0.717, 1.165) is 17.7 Å². The molecule has 0 aliphatic rings. The van der Waals surface area contributed by atoms with Crippen LogP contribution in [-0.2, 0) is 26.1 Å². The number of carbonyl (C=O) groups excluding carboxylic acids is 1. The lowest BCUT2D eigenvalue weighted by Gasteiger charge is -2.08. The van der Waals surface area contributed by atoms with Gasteiger partial charge < -0.3 is 14.6 Å². The van der Waals surface area contributed by atoms with Crippen molar-refractivity contribution in [2.24, 2.45) is 0 Å². The van der Waals surface area contributed by atoms with E-state index < -0.39 is 10.8 Å². The van der Waals surface area contributed by atoms with Crippen molar-refractivity contribution in [3.63, 3.8) is 0 Å². The topological polar surface area (TPSA) is 81.4 Å². The first-order valence-electron chi connectivity index (χ1n) is 7.05. The molecule has 0 fully saturated rings. The second kappa shape index (κ2) is 8.94. The van der Waals surface area contributed by atoms with Gasteiger partial charge in [-0.3, -0.25) is 9.00 Å². The summed E-state index contributed by atoms with van der Waals surface area (Å²) in [7, 11) is -1.26. The van der Waals surface area contributed by atoms with Gasteiger partial charge in [0.15, 0.2) is 0 Å². The van der Waals surface area contributed by atoms with Crippen molar-refractivity contribution in [2.45, 2.75) is 46.0 Å². The standard InChI is InChI=1S/C14H24N2O4S/c1-10(2)19-7-5-6-15-14(17)9-21(18)8-13-11(3)16-20-12(13)4/h10H,5-9H2,1-4H3,(H,15,17). The third-order valence-electron chi connectivity index (χ3n) is 2.87. The van der Waals surface area contributed by atoms with Gasteiger partial charge in [0.2, 0.25) is 5.91 Å². The number of aryl methyl sites for hydroxylation is 2. The molecule has 0 bridgehead atoms. The third-order valence-corrected chi connectivity index (χ3v) is 4.07. The first-order valence-corrected chi connectivity index (χ1v) is 8.54. The van der Waals surface area contributed by atoms with Crippen molar-refractivity contribution in [2.75, 3.05) is 18.9 Å². The monoisotopic (exact) mass is 316 g/mol. The normalized spacial score (nSPS) is 12.6. The molecular formula is C14H24N2O4S. The summed E-state index contributed by atoms with van der Waals surface area (Å²) in [6.45, 7) is 8.67. The van der Waals surface area contributed by atoms with E-state index in [0.29, 0.717) is 24.7 Å². The number of amides is 1. The molecule has 120 valence electrons. The number of ether oxygens (including phenoxy) is 1. The molecule has 0 radical (unpaired) electrons. The van der Waals surface area contributed by atoms with Crippen molar-refractivity contribution >= 4 is 16.7 Å². The first kappa shape index (κ1) is 17.8. The highest BCUT2D eigenvalue weighted by Gasteiger charge is 2.14. The van der Waals surface area contributed by atoms with Gasteiger partial charge in [-0.15, -0.1) is 0 Å². The van der Waals surface area contributed by atoms with Crippen LogP contribution < -0.4 is 5.32 Å². The van der Waals surface area contributed by atoms with Crippen molar-refractivity contribution in [3.8, 4) is 0 Å². The van der Waals surface area contributed by atoms with Crippen molar-refractivity contribution < 1.29 is 18.3 Å². The maximum absolute atomic E-state index is 12.0. The average Bonchev–Trinajstić information content (AvgIpc) is 2.69. The van der Waals surface area contributed by atoms with Gasteiger partial charge in [0.05, 0.1) is 17.6 Å². The number of carbonyl (C=O) groups is 1. The Morgan fingerprint density at radius 3 is 2.71 bits per heavy atom. The van der Waals surface area contributed by atoms with Crippen LogP contribution in [0.15, 0.2) is 4.52 Å². The minimum atomic E-state index is -1.26. The molecule has 1 aromatic rings. The Kier molecular flexibility index (Phi) is 7.60. The summed E-state index contributed by atoms with van der Waals surface area (Å²) >= 11 is 0. The third kappa shape index (κ3) is 6.86. The van der Waals surface area contributed by atoms with Crippen LogP contribution in [0.3, 0.4) is 0 Å². The summed E-state index contributed by atoms with van der Waals surface area (Å²) in [6, 6.07) is 0. The van der Waals surface area contributed by atoms with Crippen molar-refractivity contribution in [1.29, 1.82) is 0 Å². The Bertz CT molecular complexity index is 466. The van der Waals surface area contributed by atoms with Crippen LogP contribution in [0.1, 0.15) is 37.3 Å². The van der Waals surface area contributed by atoms with Gasteiger partial charge >= 0.3 is 0 Å². The largest absolute Gasteiger partial charge is 0.379 e. The van der Waals surface area contributed by atoms with Crippen LogP contribution in [0, 0.1) is 13.8 Å². The molecule has 1 N–H and O–H groups in total.